The van der Waals surface area contributed by atoms with E-state index in [1.54, 1.807) is 28.9 Å². The number of anilines is 2. The van der Waals surface area contributed by atoms with Gasteiger partial charge in [0.1, 0.15) is 0 Å². The van der Waals surface area contributed by atoms with Gasteiger partial charge in [-0.25, -0.2) is 9.00 Å². The molecule has 0 aliphatic carbocycles. The minimum absolute atomic E-state index is 0.0776. The topological polar surface area (TPSA) is 70.2 Å². The zero-order valence-electron chi connectivity index (χ0n) is 16.2. The van der Waals surface area contributed by atoms with E-state index in [4.69, 9.17) is 4.74 Å². The number of fused-ring (bicyclic) bond motifs is 2. The van der Waals surface area contributed by atoms with Crippen molar-refractivity contribution in [1.82, 2.24) is 9.80 Å². The Morgan fingerprint density at radius 1 is 0.931 bits per heavy atom. The lowest BCUT2D eigenvalue weighted by molar-refractivity contribution is -0.119. The second-order valence-electron chi connectivity index (χ2n) is 6.90. The molecule has 0 bridgehead atoms. The van der Waals surface area contributed by atoms with Gasteiger partial charge in [-0.1, -0.05) is 24.3 Å². The van der Waals surface area contributed by atoms with E-state index in [9.17, 15) is 13.8 Å². The van der Waals surface area contributed by atoms with Crippen LogP contribution in [-0.4, -0.2) is 65.3 Å². The molecule has 2 aliphatic rings. The van der Waals surface area contributed by atoms with Gasteiger partial charge in [-0.2, -0.15) is 0 Å². The van der Waals surface area contributed by atoms with Crippen molar-refractivity contribution in [2.24, 2.45) is 0 Å². The number of carbonyl (C=O) groups excluding carboxylic acids is 2. The lowest BCUT2D eigenvalue weighted by atomic mass is 10.2. The van der Waals surface area contributed by atoms with Gasteiger partial charge in [0.2, 0.25) is 5.91 Å². The maximum Gasteiger partial charge on any atom is 0.409 e. The van der Waals surface area contributed by atoms with Crippen molar-refractivity contribution in [2.45, 2.75) is 16.7 Å². The SMILES string of the molecule is CCOC(=O)N1CCN(CC(=O)N2c3ccccc3S(=O)c3ccccc32)CC1. The first-order valence-electron chi connectivity index (χ1n) is 9.67. The number of ether oxygens (including phenoxy) is 1. The van der Waals surface area contributed by atoms with Crippen molar-refractivity contribution in [3.8, 4) is 0 Å². The molecule has 2 amide bonds. The van der Waals surface area contributed by atoms with Crippen LogP contribution in [0.25, 0.3) is 0 Å². The lowest BCUT2D eigenvalue weighted by Crippen LogP contribution is -2.51. The van der Waals surface area contributed by atoms with Gasteiger partial charge in [0.15, 0.2) is 0 Å². The first kappa shape index (κ1) is 19.6. The van der Waals surface area contributed by atoms with Crippen molar-refractivity contribution in [3.63, 3.8) is 0 Å². The predicted octanol–water partition coefficient (Wildman–Crippen LogP) is 2.61. The fourth-order valence-electron chi connectivity index (χ4n) is 3.68. The maximum absolute atomic E-state index is 13.3. The fraction of sp³-hybridized carbons (Fsp3) is 0.333. The van der Waals surface area contributed by atoms with Gasteiger partial charge in [0, 0.05) is 26.2 Å². The van der Waals surface area contributed by atoms with Gasteiger partial charge in [0.25, 0.3) is 0 Å². The molecule has 0 N–H and O–H groups in total. The van der Waals surface area contributed by atoms with Crippen LogP contribution in [-0.2, 0) is 20.3 Å². The molecule has 1 saturated heterocycles. The molecule has 152 valence electrons. The Hall–Kier alpha value is -2.71. The molecule has 4 rings (SSSR count). The van der Waals surface area contributed by atoms with E-state index < -0.39 is 10.8 Å². The number of carbonyl (C=O) groups is 2. The molecule has 0 atom stereocenters. The molecule has 0 spiro atoms. The van der Waals surface area contributed by atoms with Gasteiger partial charge in [0.05, 0.1) is 45.1 Å². The van der Waals surface area contributed by atoms with Crippen molar-refractivity contribution in [2.75, 3.05) is 44.2 Å². The number of benzene rings is 2. The molecule has 0 unspecified atom stereocenters. The Labute approximate surface area is 172 Å². The van der Waals surface area contributed by atoms with E-state index in [1.807, 2.05) is 41.3 Å². The average Bonchev–Trinajstić information content (AvgIpc) is 2.75. The number of piperazine rings is 1. The number of para-hydroxylation sites is 2. The maximum atomic E-state index is 13.3. The summed E-state index contributed by atoms with van der Waals surface area (Å²) in [6, 6.07) is 14.6. The van der Waals surface area contributed by atoms with Crippen LogP contribution in [0.4, 0.5) is 16.2 Å². The highest BCUT2D eigenvalue weighted by Crippen LogP contribution is 2.41. The molecule has 29 heavy (non-hydrogen) atoms. The molecule has 0 aromatic heterocycles. The van der Waals surface area contributed by atoms with Gasteiger partial charge in [-0.3, -0.25) is 14.6 Å². The number of hydrogen-bond donors (Lipinski definition) is 0. The highest BCUT2D eigenvalue weighted by Gasteiger charge is 2.33. The standard InChI is InChI=1S/C21H23N3O4S/c1-2-28-21(26)23-13-11-22(12-14-23)15-20(25)24-16-7-3-5-9-18(16)29(27)19-10-6-4-8-17(19)24/h3-10H,2,11-15H2,1H3. The normalized spacial score (nSPS) is 16.9. The lowest BCUT2D eigenvalue weighted by Gasteiger charge is -2.36. The highest BCUT2D eigenvalue weighted by atomic mass is 32.2. The van der Waals surface area contributed by atoms with Crippen LogP contribution in [0.3, 0.4) is 0 Å². The van der Waals surface area contributed by atoms with Crippen LogP contribution >= 0.6 is 0 Å². The van der Waals surface area contributed by atoms with E-state index in [2.05, 4.69) is 0 Å². The number of nitrogens with zero attached hydrogens (tertiary/aromatic N) is 3. The smallest absolute Gasteiger partial charge is 0.409 e. The van der Waals surface area contributed by atoms with Crippen molar-refractivity contribution < 1.29 is 18.5 Å². The first-order chi connectivity index (χ1) is 14.1. The largest absolute Gasteiger partial charge is 0.450 e. The number of rotatable bonds is 3. The molecule has 2 aromatic rings. The summed E-state index contributed by atoms with van der Waals surface area (Å²) in [6.45, 7) is 4.64. The van der Waals surface area contributed by atoms with Crippen molar-refractivity contribution in [1.29, 1.82) is 0 Å². The summed E-state index contributed by atoms with van der Waals surface area (Å²) in [7, 11) is -1.31. The third-order valence-corrected chi connectivity index (χ3v) is 6.61. The van der Waals surface area contributed by atoms with Crippen LogP contribution in [0, 0.1) is 0 Å². The van der Waals surface area contributed by atoms with E-state index in [0.717, 1.165) is 0 Å². The summed E-state index contributed by atoms with van der Waals surface area (Å²) in [4.78, 5) is 31.8. The van der Waals surface area contributed by atoms with Gasteiger partial charge in [-0.05, 0) is 31.2 Å². The molecule has 0 saturated carbocycles. The Balaban J connectivity index is 1.52. The van der Waals surface area contributed by atoms with Crippen LogP contribution < -0.4 is 4.90 Å². The second kappa shape index (κ2) is 8.34. The summed E-state index contributed by atoms with van der Waals surface area (Å²) in [5.74, 6) is -0.0776. The third-order valence-electron chi connectivity index (χ3n) is 5.12. The van der Waals surface area contributed by atoms with E-state index in [0.29, 0.717) is 54.0 Å². The van der Waals surface area contributed by atoms with Crippen molar-refractivity contribution >= 4 is 34.2 Å². The summed E-state index contributed by atoms with van der Waals surface area (Å²) in [5, 5.41) is 0. The molecule has 2 aromatic carbocycles. The van der Waals surface area contributed by atoms with Gasteiger partial charge < -0.3 is 9.64 Å². The highest BCUT2D eigenvalue weighted by molar-refractivity contribution is 7.85. The quantitative estimate of drug-likeness (QED) is 0.774. The van der Waals surface area contributed by atoms with E-state index in [-0.39, 0.29) is 18.5 Å². The first-order valence-corrected chi connectivity index (χ1v) is 10.8. The molecule has 2 heterocycles. The Morgan fingerprint density at radius 2 is 1.48 bits per heavy atom. The molecular weight excluding hydrogens is 390 g/mol. The van der Waals surface area contributed by atoms with Gasteiger partial charge in [-0.15, -0.1) is 0 Å². The van der Waals surface area contributed by atoms with E-state index in [1.165, 1.54) is 0 Å². The minimum Gasteiger partial charge on any atom is -0.450 e. The molecule has 8 heteroatoms. The van der Waals surface area contributed by atoms with Crippen LogP contribution in [0.1, 0.15) is 6.92 Å². The zero-order chi connectivity index (χ0) is 20.4. The van der Waals surface area contributed by atoms with Crippen molar-refractivity contribution in [3.05, 3.63) is 48.5 Å². The number of amides is 2. The molecule has 1 fully saturated rings. The van der Waals surface area contributed by atoms with E-state index >= 15 is 0 Å². The van der Waals surface area contributed by atoms with Crippen LogP contribution in [0.15, 0.2) is 58.3 Å². The molecule has 2 aliphatic heterocycles. The second-order valence-corrected chi connectivity index (χ2v) is 8.31. The Bertz CT molecular complexity index is 907. The molecule has 7 nitrogen and oxygen atoms in total. The molecule has 0 radical (unpaired) electrons. The number of hydrogen-bond acceptors (Lipinski definition) is 5. The summed E-state index contributed by atoms with van der Waals surface area (Å²) in [5.41, 5.74) is 1.33. The van der Waals surface area contributed by atoms with Gasteiger partial charge >= 0.3 is 6.09 Å². The predicted molar refractivity (Wildman–Crippen MR) is 110 cm³/mol. The fourth-order valence-corrected chi connectivity index (χ4v) is 5.02. The summed E-state index contributed by atoms with van der Waals surface area (Å²) < 4.78 is 18.0. The third kappa shape index (κ3) is 3.77. The van der Waals surface area contributed by atoms with Crippen LogP contribution in [0.5, 0.6) is 0 Å². The summed E-state index contributed by atoms with van der Waals surface area (Å²) >= 11 is 0. The minimum atomic E-state index is -1.31. The monoisotopic (exact) mass is 413 g/mol. The summed E-state index contributed by atoms with van der Waals surface area (Å²) in [6.07, 6.45) is -0.306. The Kier molecular flexibility index (Phi) is 5.64. The van der Waals surface area contributed by atoms with Crippen LogP contribution in [0.2, 0.25) is 0 Å². The average molecular weight is 413 g/mol. The zero-order valence-corrected chi connectivity index (χ0v) is 17.1. The Morgan fingerprint density at radius 3 is 2.03 bits per heavy atom. The molecular formula is C21H23N3O4S.